The lowest BCUT2D eigenvalue weighted by Gasteiger charge is -2.06. The molecule has 0 fully saturated rings. The number of pyridine rings is 1. The van der Waals surface area contributed by atoms with Crippen LogP contribution in [0, 0.1) is 0 Å². The molecule has 0 atom stereocenters. The van der Waals surface area contributed by atoms with Gasteiger partial charge in [-0.1, -0.05) is 18.2 Å². The molecule has 2 aromatic rings. The molecule has 1 heterocycles. The highest BCUT2D eigenvalue weighted by atomic mass is 16.4. The molecule has 1 aromatic carbocycles. The maximum atomic E-state index is 11.7. The fraction of sp³-hybridized carbons (Fsp3) is 0.0769. The molecule has 0 aliphatic heterocycles. The van der Waals surface area contributed by atoms with Crippen LogP contribution in [-0.2, 0) is 11.8 Å². The van der Waals surface area contributed by atoms with Crippen molar-refractivity contribution in [3.05, 3.63) is 52.3 Å². The van der Waals surface area contributed by atoms with Crippen LogP contribution in [0.4, 0.5) is 0 Å². The standard InChI is InChI=1S/C13H11NO3/c1-14-11-5-3-2-4-10(11)9(8-12(14)15)6-7-13(16)17/h2-8H,1H3,(H,16,17)/b7-6+. The van der Waals surface area contributed by atoms with Crippen molar-refractivity contribution in [3.8, 4) is 0 Å². The molecule has 0 radical (unpaired) electrons. The number of carbonyl (C=O) groups is 1. The number of carboxylic acid groups (broad SMARTS) is 1. The van der Waals surface area contributed by atoms with E-state index in [2.05, 4.69) is 0 Å². The first kappa shape index (κ1) is 11.1. The number of hydrogen-bond acceptors (Lipinski definition) is 2. The molecule has 0 saturated heterocycles. The van der Waals surface area contributed by atoms with Crippen LogP contribution in [0.25, 0.3) is 17.0 Å². The van der Waals surface area contributed by atoms with E-state index in [0.717, 1.165) is 17.0 Å². The number of para-hydroxylation sites is 1. The van der Waals surface area contributed by atoms with Crippen LogP contribution in [0.2, 0.25) is 0 Å². The summed E-state index contributed by atoms with van der Waals surface area (Å²) in [4.78, 5) is 22.2. The second kappa shape index (κ2) is 4.25. The van der Waals surface area contributed by atoms with Gasteiger partial charge in [-0.15, -0.1) is 0 Å². The Labute approximate surface area is 97.4 Å². The predicted molar refractivity (Wildman–Crippen MR) is 65.9 cm³/mol. The van der Waals surface area contributed by atoms with Gasteiger partial charge < -0.3 is 9.67 Å². The summed E-state index contributed by atoms with van der Waals surface area (Å²) < 4.78 is 1.54. The monoisotopic (exact) mass is 229 g/mol. The lowest BCUT2D eigenvalue weighted by molar-refractivity contribution is -0.131. The summed E-state index contributed by atoms with van der Waals surface area (Å²) in [6.07, 6.45) is 2.47. The Morgan fingerprint density at radius 3 is 2.76 bits per heavy atom. The van der Waals surface area contributed by atoms with Crippen molar-refractivity contribution in [3.63, 3.8) is 0 Å². The first-order valence-electron chi connectivity index (χ1n) is 5.09. The third-order valence-corrected chi connectivity index (χ3v) is 2.59. The normalized spacial score (nSPS) is 11.1. The molecule has 0 aliphatic carbocycles. The van der Waals surface area contributed by atoms with Gasteiger partial charge in [0, 0.05) is 24.6 Å². The van der Waals surface area contributed by atoms with Crippen molar-refractivity contribution >= 4 is 22.9 Å². The largest absolute Gasteiger partial charge is 0.478 e. The lowest BCUT2D eigenvalue weighted by Crippen LogP contribution is -2.16. The number of fused-ring (bicyclic) bond motifs is 1. The van der Waals surface area contributed by atoms with Gasteiger partial charge in [0.2, 0.25) is 0 Å². The van der Waals surface area contributed by atoms with Crippen LogP contribution >= 0.6 is 0 Å². The first-order valence-corrected chi connectivity index (χ1v) is 5.09. The summed E-state index contributed by atoms with van der Waals surface area (Å²) in [6, 6.07) is 8.81. The Morgan fingerprint density at radius 2 is 2.06 bits per heavy atom. The number of rotatable bonds is 2. The molecule has 0 spiro atoms. The number of aryl methyl sites for hydroxylation is 1. The van der Waals surface area contributed by atoms with Crippen molar-refractivity contribution in [2.45, 2.75) is 0 Å². The highest BCUT2D eigenvalue weighted by Crippen LogP contribution is 2.17. The van der Waals surface area contributed by atoms with Crippen LogP contribution in [-0.4, -0.2) is 15.6 Å². The quantitative estimate of drug-likeness (QED) is 0.796. The van der Waals surface area contributed by atoms with Crippen molar-refractivity contribution in [1.82, 2.24) is 4.57 Å². The Morgan fingerprint density at radius 1 is 1.35 bits per heavy atom. The second-order valence-electron chi connectivity index (χ2n) is 3.69. The minimum absolute atomic E-state index is 0.159. The average molecular weight is 229 g/mol. The van der Waals surface area contributed by atoms with E-state index in [0.29, 0.717) is 5.56 Å². The number of aromatic nitrogens is 1. The van der Waals surface area contributed by atoms with Crippen molar-refractivity contribution < 1.29 is 9.90 Å². The lowest BCUT2D eigenvalue weighted by atomic mass is 10.1. The molecule has 2 rings (SSSR count). The number of carboxylic acids is 1. The summed E-state index contributed by atoms with van der Waals surface area (Å²) in [6.45, 7) is 0. The highest BCUT2D eigenvalue weighted by Gasteiger charge is 2.03. The van der Waals surface area contributed by atoms with Gasteiger partial charge in [-0.25, -0.2) is 4.79 Å². The number of benzene rings is 1. The minimum Gasteiger partial charge on any atom is -0.478 e. The van der Waals surface area contributed by atoms with Gasteiger partial charge in [0.15, 0.2) is 0 Å². The second-order valence-corrected chi connectivity index (χ2v) is 3.69. The van der Waals surface area contributed by atoms with E-state index in [-0.39, 0.29) is 5.56 Å². The third kappa shape index (κ3) is 2.10. The van der Waals surface area contributed by atoms with Crippen LogP contribution in [0.5, 0.6) is 0 Å². The Hall–Kier alpha value is -2.36. The number of hydrogen-bond donors (Lipinski definition) is 1. The maximum Gasteiger partial charge on any atom is 0.328 e. The van der Waals surface area contributed by atoms with Gasteiger partial charge in [0.25, 0.3) is 5.56 Å². The molecule has 4 nitrogen and oxygen atoms in total. The Balaban J connectivity index is 2.76. The van der Waals surface area contributed by atoms with Gasteiger partial charge in [-0.2, -0.15) is 0 Å². The van der Waals surface area contributed by atoms with Gasteiger partial charge in [-0.05, 0) is 17.7 Å². The summed E-state index contributed by atoms with van der Waals surface area (Å²) in [7, 11) is 1.69. The molecule has 1 N–H and O–H groups in total. The zero-order valence-corrected chi connectivity index (χ0v) is 9.25. The third-order valence-electron chi connectivity index (χ3n) is 2.59. The van der Waals surface area contributed by atoms with Crippen LogP contribution in [0.15, 0.2) is 41.2 Å². The van der Waals surface area contributed by atoms with Gasteiger partial charge in [0.05, 0.1) is 5.52 Å². The summed E-state index contributed by atoms with van der Waals surface area (Å²) >= 11 is 0. The molecule has 1 aromatic heterocycles. The summed E-state index contributed by atoms with van der Waals surface area (Å²) in [5.74, 6) is -1.03. The molecule has 0 amide bonds. The van der Waals surface area contributed by atoms with Crippen molar-refractivity contribution in [1.29, 1.82) is 0 Å². The van der Waals surface area contributed by atoms with E-state index < -0.39 is 5.97 Å². The first-order chi connectivity index (χ1) is 8.09. The fourth-order valence-corrected chi connectivity index (χ4v) is 1.74. The van der Waals surface area contributed by atoms with Gasteiger partial charge in [-0.3, -0.25) is 4.79 Å². The van der Waals surface area contributed by atoms with Crippen molar-refractivity contribution in [2.24, 2.45) is 7.05 Å². The fourth-order valence-electron chi connectivity index (χ4n) is 1.74. The van der Waals surface area contributed by atoms with Crippen LogP contribution in [0.1, 0.15) is 5.56 Å². The molecule has 0 bridgehead atoms. The van der Waals surface area contributed by atoms with Crippen molar-refractivity contribution in [2.75, 3.05) is 0 Å². The average Bonchev–Trinajstić information content (AvgIpc) is 2.32. The number of nitrogens with zero attached hydrogens (tertiary/aromatic N) is 1. The van der Waals surface area contributed by atoms with Crippen LogP contribution < -0.4 is 5.56 Å². The van der Waals surface area contributed by atoms with E-state index in [1.165, 1.54) is 16.7 Å². The topological polar surface area (TPSA) is 59.3 Å². The van der Waals surface area contributed by atoms with E-state index in [9.17, 15) is 9.59 Å². The maximum absolute atomic E-state index is 11.7. The number of aliphatic carboxylic acids is 1. The highest BCUT2D eigenvalue weighted by molar-refractivity contribution is 5.92. The SMILES string of the molecule is Cn1c(=O)cc(/C=C/C(=O)O)c2ccccc21. The van der Waals surface area contributed by atoms with E-state index >= 15 is 0 Å². The molecule has 4 heteroatoms. The molecule has 0 aliphatic rings. The molecule has 0 saturated carbocycles. The van der Waals surface area contributed by atoms with Gasteiger partial charge in [0.1, 0.15) is 0 Å². The predicted octanol–water partition coefficient (Wildman–Crippen LogP) is 1.64. The van der Waals surface area contributed by atoms with Gasteiger partial charge >= 0.3 is 5.97 Å². The van der Waals surface area contributed by atoms with E-state index in [1.807, 2.05) is 24.3 Å². The molecule has 0 unspecified atom stereocenters. The van der Waals surface area contributed by atoms with Crippen LogP contribution in [0.3, 0.4) is 0 Å². The van der Waals surface area contributed by atoms with E-state index in [1.54, 1.807) is 7.05 Å². The smallest absolute Gasteiger partial charge is 0.328 e. The summed E-state index contributed by atoms with van der Waals surface area (Å²) in [5, 5.41) is 9.45. The summed E-state index contributed by atoms with van der Waals surface area (Å²) in [5.41, 5.74) is 1.24. The molecular weight excluding hydrogens is 218 g/mol. The van der Waals surface area contributed by atoms with E-state index in [4.69, 9.17) is 5.11 Å². The Bertz CT molecular complexity index is 668. The minimum atomic E-state index is -1.03. The molecule has 86 valence electrons. The zero-order chi connectivity index (χ0) is 12.4. The molecule has 17 heavy (non-hydrogen) atoms. The molecular formula is C13H11NO3. The zero-order valence-electron chi connectivity index (χ0n) is 9.25. The Kier molecular flexibility index (Phi) is 2.78.